The topological polar surface area (TPSA) is 87.0 Å². The Balaban J connectivity index is 1.78. The van der Waals surface area contributed by atoms with Gasteiger partial charge in [-0.15, -0.1) is 0 Å². The van der Waals surface area contributed by atoms with E-state index in [1.807, 2.05) is 13.0 Å². The highest BCUT2D eigenvalue weighted by molar-refractivity contribution is 5.66. The van der Waals surface area contributed by atoms with Gasteiger partial charge in [0.1, 0.15) is 18.0 Å². The Labute approximate surface area is 221 Å². The Morgan fingerprint density at radius 2 is 1.68 bits per heavy atom. The molecule has 37 heavy (non-hydrogen) atoms. The molecule has 1 fully saturated rings. The Bertz CT molecular complexity index is 1130. The largest absolute Gasteiger partial charge is 0.491 e. The van der Waals surface area contributed by atoms with Crippen LogP contribution in [0, 0.1) is 25.7 Å². The maximum atomic E-state index is 10.7. The molecule has 200 valence electrons. The van der Waals surface area contributed by atoms with E-state index in [1.54, 1.807) is 0 Å². The van der Waals surface area contributed by atoms with Crippen LogP contribution in [-0.4, -0.2) is 39.6 Å². The number of aliphatic carboxylic acids is 1. The zero-order chi connectivity index (χ0) is 27.1. The lowest BCUT2D eigenvalue weighted by atomic mass is 9.70. The molecule has 0 aromatic heterocycles. The summed E-state index contributed by atoms with van der Waals surface area (Å²) in [7, 11) is 0. The molecule has 0 bridgehead atoms. The van der Waals surface area contributed by atoms with Gasteiger partial charge in [0.2, 0.25) is 0 Å². The van der Waals surface area contributed by atoms with E-state index in [4.69, 9.17) is 9.84 Å². The molecule has 0 heterocycles. The molecule has 1 unspecified atom stereocenters. The van der Waals surface area contributed by atoms with Crippen molar-refractivity contribution in [3.05, 3.63) is 64.2 Å². The fourth-order valence-electron chi connectivity index (χ4n) is 5.47. The number of aliphatic hydroxyl groups is 2. The van der Waals surface area contributed by atoms with Gasteiger partial charge >= 0.3 is 5.97 Å². The standard InChI is InChI=1S/C32H42O5/c1-5-32(6-2,26-13-12-25(23(3)20-26)16-19-31(36)17-7-8-18-31)27-14-15-29(24(4)21-27)37-22-28(33)10-9-11-30(34)35/h12-15,20-21,28,33,36H,5-11,17-18,22H2,1-4H3,(H,34,35). The molecule has 0 aliphatic heterocycles. The SMILES string of the molecule is CCC(CC)(c1ccc(C#CC2(O)CCCC2)c(C)c1)c1ccc(OCC(O)CCCC(=O)O)c(C)c1. The fourth-order valence-corrected chi connectivity index (χ4v) is 5.47. The smallest absolute Gasteiger partial charge is 0.303 e. The normalized spacial score (nSPS) is 15.6. The molecule has 1 aliphatic carbocycles. The van der Waals surface area contributed by atoms with E-state index in [1.165, 1.54) is 11.1 Å². The minimum Gasteiger partial charge on any atom is -0.491 e. The minimum absolute atomic E-state index is 0.0517. The van der Waals surface area contributed by atoms with Gasteiger partial charge in [-0.25, -0.2) is 0 Å². The monoisotopic (exact) mass is 506 g/mol. The summed E-state index contributed by atoms with van der Waals surface area (Å²) in [6.07, 6.45) is 5.66. The number of aryl methyl sites for hydroxylation is 2. The highest BCUT2D eigenvalue weighted by atomic mass is 16.5. The molecule has 5 nitrogen and oxygen atoms in total. The van der Waals surface area contributed by atoms with Crippen LogP contribution in [-0.2, 0) is 10.2 Å². The number of rotatable bonds is 11. The summed E-state index contributed by atoms with van der Waals surface area (Å²) < 4.78 is 5.88. The fraction of sp³-hybridized carbons (Fsp3) is 0.531. The summed E-state index contributed by atoms with van der Waals surface area (Å²) in [6.45, 7) is 8.68. The lowest BCUT2D eigenvalue weighted by Crippen LogP contribution is -2.26. The van der Waals surface area contributed by atoms with Crippen molar-refractivity contribution in [2.75, 3.05) is 6.61 Å². The van der Waals surface area contributed by atoms with Crippen LogP contribution in [0.5, 0.6) is 5.75 Å². The maximum Gasteiger partial charge on any atom is 0.303 e. The lowest BCUT2D eigenvalue weighted by Gasteiger charge is -2.34. The second-order valence-electron chi connectivity index (χ2n) is 10.5. The first-order chi connectivity index (χ1) is 17.6. The quantitative estimate of drug-likeness (QED) is 0.323. The molecule has 2 aromatic carbocycles. The van der Waals surface area contributed by atoms with Crippen molar-refractivity contribution in [1.29, 1.82) is 0 Å². The average molecular weight is 507 g/mol. The maximum absolute atomic E-state index is 10.7. The van der Waals surface area contributed by atoms with Crippen molar-refractivity contribution in [2.45, 2.75) is 103 Å². The van der Waals surface area contributed by atoms with Crippen LogP contribution in [0.2, 0.25) is 0 Å². The van der Waals surface area contributed by atoms with Gasteiger partial charge in [-0.05, 0) is 99.6 Å². The van der Waals surface area contributed by atoms with Gasteiger partial charge in [0, 0.05) is 17.4 Å². The summed E-state index contributed by atoms with van der Waals surface area (Å²) in [4.78, 5) is 10.7. The second kappa shape index (κ2) is 12.6. The minimum atomic E-state index is -0.852. The number of ether oxygens (including phenoxy) is 1. The van der Waals surface area contributed by atoms with Crippen molar-refractivity contribution in [3.63, 3.8) is 0 Å². The second-order valence-corrected chi connectivity index (χ2v) is 10.5. The Hall–Kier alpha value is -2.81. The molecule has 0 amide bonds. The molecule has 3 N–H and O–H groups in total. The highest BCUT2D eigenvalue weighted by Gasteiger charge is 2.32. The van der Waals surface area contributed by atoms with Gasteiger partial charge in [0.25, 0.3) is 0 Å². The van der Waals surface area contributed by atoms with Crippen LogP contribution in [0.25, 0.3) is 0 Å². The molecule has 0 spiro atoms. The van der Waals surface area contributed by atoms with E-state index in [0.717, 1.165) is 61.0 Å². The molecule has 5 heteroatoms. The molecule has 1 saturated carbocycles. The van der Waals surface area contributed by atoms with Gasteiger partial charge in [0.15, 0.2) is 0 Å². The number of aliphatic hydroxyl groups excluding tert-OH is 1. The Kier molecular flexibility index (Phi) is 9.81. The number of hydrogen-bond donors (Lipinski definition) is 3. The zero-order valence-electron chi connectivity index (χ0n) is 22.8. The van der Waals surface area contributed by atoms with Crippen LogP contribution in [0.1, 0.15) is 99.5 Å². The van der Waals surface area contributed by atoms with E-state index >= 15 is 0 Å². The third-order valence-electron chi connectivity index (χ3n) is 7.93. The number of carboxylic acid groups (broad SMARTS) is 1. The van der Waals surface area contributed by atoms with E-state index in [9.17, 15) is 15.0 Å². The summed E-state index contributed by atoms with van der Waals surface area (Å²) in [5.74, 6) is 6.25. The van der Waals surface area contributed by atoms with Gasteiger partial charge in [-0.1, -0.05) is 50.0 Å². The van der Waals surface area contributed by atoms with E-state index in [-0.39, 0.29) is 18.4 Å². The lowest BCUT2D eigenvalue weighted by molar-refractivity contribution is -0.137. The van der Waals surface area contributed by atoms with E-state index in [0.29, 0.717) is 12.8 Å². The molecule has 3 rings (SSSR count). The molecule has 1 aliphatic rings. The third-order valence-corrected chi connectivity index (χ3v) is 7.93. The molecule has 0 saturated heterocycles. The number of carboxylic acids is 1. The molecule has 0 radical (unpaired) electrons. The Morgan fingerprint density at radius 3 is 2.24 bits per heavy atom. The highest BCUT2D eigenvalue weighted by Crippen LogP contribution is 2.41. The molecule has 1 atom stereocenters. The molecule has 2 aromatic rings. The van der Waals surface area contributed by atoms with Crippen LogP contribution in [0.15, 0.2) is 36.4 Å². The first-order valence-electron chi connectivity index (χ1n) is 13.6. The summed E-state index contributed by atoms with van der Waals surface area (Å²) in [5.41, 5.74) is 4.58. The van der Waals surface area contributed by atoms with Crippen LogP contribution in [0.4, 0.5) is 0 Å². The third kappa shape index (κ3) is 7.15. The van der Waals surface area contributed by atoms with Crippen molar-refractivity contribution >= 4 is 5.97 Å². The van der Waals surface area contributed by atoms with Crippen molar-refractivity contribution in [2.24, 2.45) is 0 Å². The predicted molar refractivity (Wildman–Crippen MR) is 147 cm³/mol. The summed E-state index contributed by atoms with van der Waals surface area (Å²) >= 11 is 0. The van der Waals surface area contributed by atoms with Crippen LogP contribution in [0.3, 0.4) is 0 Å². The van der Waals surface area contributed by atoms with Crippen molar-refractivity contribution in [1.82, 2.24) is 0 Å². The van der Waals surface area contributed by atoms with Crippen LogP contribution >= 0.6 is 0 Å². The van der Waals surface area contributed by atoms with Gasteiger partial charge < -0.3 is 20.1 Å². The van der Waals surface area contributed by atoms with Gasteiger partial charge in [0.05, 0.1) is 6.10 Å². The molecular weight excluding hydrogens is 464 g/mol. The summed E-state index contributed by atoms with van der Waals surface area (Å²) in [6, 6.07) is 12.8. The first kappa shape index (κ1) is 28.8. The van der Waals surface area contributed by atoms with E-state index in [2.05, 4.69) is 62.9 Å². The zero-order valence-corrected chi connectivity index (χ0v) is 22.8. The summed E-state index contributed by atoms with van der Waals surface area (Å²) in [5, 5.41) is 29.5. The number of benzene rings is 2. The Morgan fingerprint density at radius 1 is 1.05 bits per heavy atom. The number of carbonyl (C=O) groups is 1. The van der Waals surface area contributed by atoms with Gasteiger partial charge in [-0.2, -0.15) is 0 Å². The predicted octanol–water partition coefficient (Wildman–Crippen LogP) is 6.06. The number of hydrogen-bond acceptors (Lipinski definition) is 4. The first-order valence-corrected chi connectivity index (χ1v) is 13.6. The van der Waals surface area contributed by atoms with Gasteiger partial charge in [-0.3, -0.25) is 4.79 Å². The average Bonchev–Trinajstić information content (AvgIpc) is 3.30. The van der Waals surface area contributed by atoms with Crippen molar-refractivity contribution < 1.29 is 24.9 Å². The van der Waals surface area contributed by atoms with Crippen molar-refractivity contribution in [3.8, 4) is 17.6 Å². The van der Waals surface area contributed by atoms with E-state index < -0.39 is 17.7 Å². The molecular formula is C32H42O5. The van der Waals surface area contributed by atoms with Crippen LogP contribution < -0.4 is 4.74 Å².